The van der Waals surface area contributed by atoms with Crippen molar-refractivity contribution in [2.75, 3.05) is 13.7 Å². The minimum atomic E-state index is -0.601. The summed E-state index contributed by atoms with van der Waals surface area (Å²) in [6.07, 6.45) is 1.63. The van der Waals surface area contributed by atoms with Crippen LogP contribution in [0.15, 0.2) is 65.6 Å². The molecule has 3 aromatic rings. The Kier molecular flexibility index (Phi) is 6.13. The lowest BCUT2D eigenvalue weighted by Gasteiger charge is -2.14. The molecule has 4 rings (SSSR count). The van der Waals surface area contributed by atoms with Crippen molar-refractivity contribution in [3.05, 3.63) is 76.7 Å². The number of imide groups is 1. The quantitative estimate of drug-likeness (QED) is 0.550. The molecule has 1 saturated heterocycles. The van der Waals surface area contributed by atoms with E-state index in [9.17, 15) is 14.4 Å². The molecule has 8 heteroatoms. The summed E-state index contributed by atoms with van der Waals surface area (Å²) in [6, 6.07) is 18.7. The van der Waals surface area contributed by atoms with E-state index in [-0.39, 0.29) is 24.3 Å². The number of nitrogens with two attached hydrogens (primary N) is 1. The van der Waals surface area contributed by atoms with E-state index in [1.54, 1.807) is 24.3 Å². The summed E-state index contributed by atoms with van der Waals surface area (Å²) in [4.78, 5) is 38.1. The SMILES string of the molecule is COc1cc(/C=C2\SC(=O)N(Cc3cccc4ccccc34)C2=O)ccc1OCC(N)=O. The van der Waals surface area contributed by atoms with Crippen LogP contribution >= 0.6 is 11.8 Å². The molecule has 0 unspecified atom stereocenters. The normalized spacial score (nSPS) is 14.9. The predicted octanol–water partition coefficient (Wildman–Crippen LogP) is 3.95. The lowest BCUT2D eigenvalue weighted by molar-refractivity contribution is -0.123. The number of rotatable bonds is 7. The molecule has 32 heavy (non-hydrogen) atoms. The van der Waals surface area contributed by atoms with Gasteiger partial charge in [-0.15, -0.1) is 0 Å². The van der Waals surface area contributed by atoms with Crippen molar-refractivity contribution in [2.45, 2.75) is 6.54 Å². The second-order valence-electron chi connectivity index (χ2n) is 7.07. The zero-order chi connectivity index (χ0) is 22.7. The predicted molar refractivity (Wildman–Crippen MR) is 123 cm³/mol. The highest BCUT2D eigenvalue weighted by Crippen LogP contribution is 2.36. The van der Waals surface area contributed by atoms with Crippen LogP contribution in [0.5, 0.6) is 11.5 Å². The van der Waals surface area contributed by atoms with Crippen LogP contribution in [0.2, 0.25) is 0 Å². The molecule has 1 aliphatic rings. The van der Waals surface area contributed by atoms with Crippen molar-refractivity contribution in [1.29, 1.82) is 0 Å². The fourth-order valence-electron chi connectivity index (χ4n) is 3.43. The summed E-state index contributed by atoms with van der Waals surface area (Å²) in [5.41, 5.74) is 6.67. The lowest BCUT2D eigenvalue weighted by atomic mass is 10.0. The Hall–Kier alpha value is -3.78. The van der Waals surface area contributed by atoms with Gasteiger partial charge in [0.2, 0.25) is 0 Å². The van der Waals surface area contributed by atoms with Crippen LogP contribution in [0, 0.1) is 0 Å². The number of carbonyl (C=O) groups excluding carboxylic acids is 3. The minimum Gasteiger partial charge on any atom is -0.493 e. The highest BCUT2D eigenvalue weighted by Gasteiger charge is 2.35. The van der Waals surface area contributed by atoms with Crippen LogP contribution in [-0.2, 0) is 16.1 Å². The molecule has 0 aromatic heterocycles. The van der Waals surface area contributed by atoms with Gasteiger partial charge in [-0.2, -0.15) is 0 Å². The standard InChI is InChI=1S/C24H20N2O5S/c1-30-20-11-15(9-10-19(20)31-14-22(25)27)12-21-23(28)26(24(29)32-21)13-17-7-4-6-16-5-2-3-8-18(16)17/h2-12H,13-14H2,1H3,(H2,25,27)/b21-12-. The fourth-order valence-corrected chi connectivity index (χ4v) is 4.27. The first kappa shape index (κ1) is 21.5. The van der Waals surface area contributed by atoms with Gasteiger partial charge in [0.05, 0.1) is 18.6 Å². The number of amides is 3. The van der Waals surface area contributed by atoms with Crippen LogP contribution in [0.4, 0.5) is 4.79 Å². The Morgan fingerprint density at radius 3 is 2.62 bits per heavy atom. The molecular formula is C24H20N2O5S. The van der Waals surface area contributed by atoms with Crippen molar-refractivity contribution in [1.82, 2.24) is 4.90 Å². The number of carbonyl (C=O) groups is 3. The molecule has 3 aromatic carbocycles. The lowest BCUT2D eigenvalue weighted by Crippen LogP contribution is -2.27. The van der Waals surface area contributed by atoms with Crippen LogP contribution < -0.4 is 15.2 Å². The third-order valence-corrected chi connectivity index (χ3v) is 5.84. The molecule has 1 aliphatic heterocycles. The summed E-state index contributed by atoms with van der Waals surface area (Å²) < 4.78 is 10.6. The van der Waals surface area contributed by atoms with Crippen LogP contribution in [0.1, 0.15) is 11.1 Å². The molecule has 3 amide bonds. The van der Waals surface area contributed by atoms with E-state index in [4.69, 9.17) is 15.2 Å². The van der Waals surface area contributed by atoms with Crippen molar-refractivity contribution in [2.24, 2.45) is 5.73 Å². The van der Waals surface area contributed by atoms with Gasteiger partial charge in [0.1, 0.15) is 0 Å². The first-order chi connectivity index (χ1) is 15.5. The Morgan fingerprint density at radius 1 is 1.06 bits per heavy atom. The number of benzene rings is 3. The highest BCUT2D eigenvalue weighted by molar-refractivity contribution is 8.18. The van der Waals surface area contributed by atoms with Crippen LogP contribution in [-0.4, -0.2) is 35.7 Å². The summed E-state index contributed by atoms with van der Waals surface area (Å²) >= 11 is 0.898. The molecule has 0 saturated carbocycles. The molecule has 0 spiro atoms. The number of hydrogen-bond donors (Lipinski definition) is 1. The average molecular weight is 449 g/mol. The Balaban J connectivity index is 1.56. The smallest absolute Gasteiger partial charge is 0.293 e. The minimum absolute atomic E-state index is 0.201. The molecule has 7 nitrogen and oxygen atoms in total. The van der Waals surface area contributed by atoms with Gasteiger partial charge in [0.15, 0.2) is 18.1 Å². The van der Waals surface area contributed by atoms with E-state index >= 15 is 0 Å². The summed E-state index contributed by atoms with van der Waals surface area (Å²) in [6.45, 7) is -0.0741. The van der Waals surface area contributed by atoms with Crippen molar-refractivity contribution in [3.63, 3.8) is 0 Å². The zero-order valence-corrected chi connectivity index (χ0v) is 18.1. The molecule has 0 atom stereocenters. The van der Waals surface area contributed by atoms with Gasteiger partial charge in [-0.1, -0.05) is 48.5 Å². The van der Waals surface area contributed by atoms with Crippen LogP contribution in [0.3, 0.4) is 0 Å². The van der Waals surface area contributed by atoms with Gasteiger partial charge in [0.25, 0.3) is 17.1 Å². The van der Waals surface area contributed by atoms with E-state index in [1.165, 1.54) is 12.0 Å². The van der Waals surface area contributed by atoms with Gasteiger partial charge in [0, 0.05) is 0 Å². The maximum Gasteiger partial charge on any atom is 0.293 e. The fraction of sp³-hybridized carbons (Fsp3) is 0.125. The van der Waals surface area contributed by atoms with E-state index in [2.05, 4.69) is 0 Å². The van der Waals surface area contributed by atoms with E-state index in [0.29, 0.717) is 22.0 Å². The van der Waals surface area contributed by atoms with E-state index < -0.39 is 5.91 Å². The second kappa shape index (κ2) is 9.15. The monoisotopic (exact) mass is 448 g/mol. The molecule has 162 valence electrons. The average Bonchev–Trinajstić information content (AvgIpc) is 3.05. The number of primary amides is 1. The van der Waals surface area contributed by atoms with Crippen molar-refractivity contribution in [3.8, 4) is 11.5 Å². The maximum absolute atomic E-state index is 13.0. The summed E-state index contributed by atoms with van der Waals surface area (Å²) in [5.74, 6) is -0.209. The third kappa shape index (κ3) is 4.45. The number of thioether (sulfide) groups is 1. The number of ether oxygens (including phenoxy) is 2. The molecule has 0 bridgehead atoms. The maximum atomic E-state index is 13.0. The first-order valence-electron chi connectivity index (χ1n) is 9.77. The van der Waals surface area contributed by atoms with Crippen molar-refractivity contribution >= 4 is 45.7 Å². The van der Waals surface area contributed by atoms with Crippen LogP contribution in [0.25, 0.3) is 16.8 Å². The number of nitrogens with zero attached hydrogens (tertiary/aromatic N) is 1. The second-order valence-corrected chi connectivity index (χ2v) is 8.06. The van der Waals surface area contributed by atoms with Gasteiger partial charge in [-0.05, 0) is 51.9 Å². The number of fused-ring (bicyclic) bond motifs is 1. The molecule has 0 aliphatic carbocycles. The molecule has 1 heterocycles. The third-order valence-electron chi connectivity index (χ3n) is 4.94. The molecular weight excluding hydrogens is 428 g/mol. The summed E-state index contributed by atoms with van der Waals surface area (Å²) in [7, 11) is 1.47. The largest absolute Gasteiger partial charge is 0.493 e. The molecule has 2 N–H and O–H groups in total. The van der Waals surface area contributed by atoms with Gasteiger partial charge >= 0.3 is 0 Å². The summed E-state index contributed by atoms with van der Waals surface area (Å²) in [5, 5.41) is 1.75. The Bertz CT molecular complexity index is 1250. The zero-order valence-electron chi connectivity index (χ0n) is 17.2. The first-order valence-corrected chi connectivity index (χ1v) is 10.6. The van der Waals surface area contributed by atoms with Gasteiger partial charge in [-0.3, -0.25) is 19.3 Å². The highest BCUT2D eigenvalue weighted by atomic mass is 32.2. The topological polar surface area (TPSA) is 98.9 Å². The number of methoxy groups -OCH3 is 1. The van der Waals surface area contributed by atoms with E-state index in [1.807, 2.05) is 42.5 Å². The van der Waals surface area contributed by atoms with E-state index in [0.717, 1.165) is 28.1 Å². The van der Waals surface area contributed by atoms with Gasteiger partial charge < -0.3 is 15.2 Å². The Morgan fingerprint density at radius 2 is 1.84 bits per heavy atom. The molecule has 1 fully saturated rings. The van der Waals surface area contributed by atoms with Gasteiger partial charge in [-0.25, -0.2) is 0 Å². The Labute approximate surface area is 188 Å². The number of hydrogen-bond acceptors (Lipinski definition) is 6. The van der Waals surface area contributed by atoms with Crippen molar-refractivity contribution < 1.29 is 23.9 Å². The molecule has 0 radical (unpaired) electrons.